The molecule has 0 saturated heterocycles. The number of anilines is 1. The lowest BCUT2D eigenvalue weighted by Crippen LogP contribution is -2.25. The summed E-state index contributed by atoms with van der Waals surface area (Å²) >= 11 is 7.33. The molecule has 2 N–H and O–H groups in total. The smallest absolute Gasteiger partial charge is 0.259 e. The van der Waals surface area contributed by atoms with Gasteiger partial charge in [-0.1, -0.05) is 12.2 Å². The van der Waals surface area contributed by atoms with Crippen molar-refractivity contribution in [3.8, 4) is 0 Å². The number of aromatic nitrogens is 1. The Labute approximate surface area is 144 Å². The van der Waals surface area contributed by atoms with Crippen molar-refractivity contribution in [2.45, 2.75) is 31.6 Å². The molecule has 0 fully saturated rings. The third-order valence-electron chi connectivity index (χ3n) is 3.08. The van der Waals surface area contributed by atoms with Crippen molar-refractivity contribution in [2.75, 3.05) is 11.3 Å². The van der Waals surface area contributed by atoms with Crippen LogP contribution in [0.3, 0.4) is 0 Å². The van der Waals surface area contributed by atoms with E-state index >= 15 is 0 Å². The predicted molar refractivity (Wildman–Crippen MR) is 93.1 cm³/mol. The highest BCUT2D eigenvalue weighted by atomic mass is 35.5. The largest absolute Gasteiger partial charge is 0.356 e. The third kappa shape index (κ3) is 5.05. The lowest BCUT2D eigenvalue weighted by atomic mass is 10.0. The van der Waals surface area contributed by atoms with Gasteiger partial charge in [0.05, 0.1) is 21.9 Å². The molecule has 0 aliphatic heterocycles. The number of nitrogens with one attached hydrogen (secondary N) is 2. The van der Waals surface area contributed by atoms with Gasteiger partial charge in [-0.05, 0) is 19.9 Å². The number of likely N-dealkylation sites (N-methyl/N-ethyl adjacent to an activating group) is 1. The maximum atomic E-state index is 12.4. The van der Waals surface area contributed by atoms with Gasteiger partial charge < -0.3 is 5.32 Å². The van der Waals surface area contributed by atoms with Crippen molar-refractivity contribution in [3.63, 3.8) is 0 Å². The molecule has 0 bridgehead atoms. The van der Waals surface area contributed by atoms with E-state index in [9.17, 15) is 13.2 Å². The second kappa shape index (κ2) is 7.02. The lowest BCUT2D eigenvalue weighted by Gasteiger charge is -2.22. The summed E-state index contributed by atoms with van der Waals surface area (Å²) < 4.78 is 27.2. The quantitative estimate of drug-likeness (QED) is 0.747. The summed E-state index contributed by atoms with van der Waals surface area (Å²) in [6.07, 6.45) is 5.24. The van der Waals surface area contributed by atoms with E-state index < -0.39 is 14.9 Å². The Kier molecular flexibility index (Phi) is 5.49. The molecule has 6 nitrogen and oxygen atoms in total. The molecule has 0 saturated carbocycles. The van der Waals surface area contributed by atoms with Crippen LogP contribution >= 0.6 is 22.9 Å². The van der Waals surface area contributed by atoms with Crippen LogP contribution in [0.25, 0.3) is 0 Å². The zero-order valence-electron chi connectivity index (χ0n) is 12.8. The minimum absolute atomic E-state index is 0.122. The first-order valence-corrected chi connectivity index (χ1v) is 9.77. The molecule has 0 radical (unpaired) electrons. The number of carbonyl (C=O) groups excluding carboxylic acids is 1. The van der Waals surface area contributed by atoms with Crippen LogP contribution in [0.5, 0.6) is 0 Å². The summed E-state index contributed by atoms with van der Waals surface area (Å²) in [6.45, 7) is 4.12. The van der Waals surface area contributed by atoms with E-state index in [-0.39, 0.29) is 28.8 Å². The molecular weight excluding hydrogens is 358 g/mol. The molecule has 1 aliphatic carbocycles. The second-order valence-electron chi connectivity index (χ2n) is 5.33. The normalized spacial score (nSPS) is 20.9. The number of alkyl halides is 1. The summed E-state index contributed by atoms with van der Waals surface area (Å²) in [5.74, 6) is -0.148. The Morgan fingerprint density at radius 1 is 1.52 bits per heavy atom. The van der Waals surface area contributed by atoms with Crippen LogP contribution in [-0.4, -0.2) is 30.7 Å². The van der Waals surface area contributed by atoms with Crippen molar-refractivity contribution in [1.82, 2.24) is 10.3 Å². The first-order chi connectivity index (χ1) is 10.7. The molecule has 126 valence electrons. The molecule has 1 unspecified atom stereocenters. The number of sulfonamides is 1. The number of rotatable bonds is 6. The fraction of sp³-hybridized carbons (Fsp3) is 0.429. The van der Waals surface area contributed by atoms with E-state index in [0.29, 0.717) is 12.2 Å². The van der Waals surface area contributed by atoms with Crippen molar-refractivity contribution < 1.29 is 13.2 Å². The van der Waals surface area contributed by atoms with Crippen LogP contribution in [0.15, 0.2) is 28.5 Å². The van der Waals surface area contributed by atoms with Gasteiger partial charge >= 0.3 is 0 Å². The summed E-state index contributed by atoms with van der Waals surface area (Å²) in [5, 5.41) is 4.56. The Hall–Kier alpha value is -1.38. The van der Waals surface area contributed by atoms with Crippen molar-refractivity contribution >= 4 is 44.0 Å². The predicted octanol–water partition coefficient (Wildman–Crippen LogP) is 2.40. The third-order valence-corrected chi connectivity index (χ3v) is 5.71. The van der Waals surface area contributed by atoms with Gasteiger partial charge in [-0.25, -0.2) is 13.4 Å². The Bertz CT molecular complexity index is 751. The van der Waals surface area contributed by atoms with Gasteiger partial charge in [-0.3, -0.25) is 9.52 Å². The summed E-state index contributed by atoms with van der Waals surface area (Å²) in [6, 6.07) is 0. The molecule has 1 heterocycles. The Balaban J connectivity index is 2.07. The van der Waals surface area contributed by atoms with Gasteiger partial charge in [-0.2, -0.15) is 0 Å². The number of thiazole rings is 1. The van der Waals surface area contributed by atoms with Crippen molar-refractivity contribution in [3.05, 3.63) is 34.2 Å². The summed E-state index contributed by atoms with van der Waals surface area (Å²) in [4.78, 5) is 15.1. The number of nitrogens with zero attached hydrogens (tertiary/aromatic N) is 1. The van der Waals surface area contributed by atoms with Crippen molar-refractivity contribution in [2.24, 2.45) is 0 Å². The monoisotopic (exact) mass is 375 g/mol. The molecule has 1 atom stereocenters. The topological polar surface area (TPSA) is 88.2 Å². The second-order valence-corrected chi connectivity index (χ2v) is 8.78. The minimum Gasteiger partial charge on any atom is -0.356 e. The zero-order valence-corrected chi connectivity index (χ0v) is 15.2. The highest BCUT2D eigenvalue weighted by Crippen LogP contribution is 2.32. The highest BCUT2D eigenvalue weighted by Gasteiger charge is 2.29. The fourth-order valence-electron chi connectivity index (χ4n) is 2.04. The number of hydrogen-bond donors (Lipinski definition) is 2. The van der Waals surface area contributed by atoms with Crippen LogP contribution in [0, 0.1) is 0 Å². The molecular formula is C14H18ClN3O3S2. The molecule has 0 spiro atoms. The Morgan fingerprint density at radius 2 is 2.26 bits per heavy atom. The number of amides is 1. The van der Waals surface area contributed by atoms with Gasteiger partial charge in [0.2, 0.25) is 5.91 Å². The van der Waals surface area contributed by atoms with E-state index in [4.69, 9.17) is 11.6 Å². The molecule has 1 aromatic heterocycles. The maximum absolute atomic E-state index is 12.4. The highest BCUT2D eigenvalue weighted by molar-refractivity contribution is 7.96. The van der Waals surface area contributed by atoms with Crippen LogP contribution in [0.1, 0.15) is 26.0 Å². The van der Waals surface area contributed by atoms with E-state index in [1.54, 1.807) is 24.5 Å². The minimum atomic E-state index is -3.71. The molecule has 1 aromatic rings. The number of halogens is 1. The van der Waals surface area contributed by atoms with Crippen molar-refractivity contribution in [1.29, 1.82) is 0 Å². The van der Waals surface area contributed by atoms with E-state index in [2.05, 4.69) is 15.0 Å². The zero-order chi connectivity index (χ0) is 17.1. The van der Waals surface area contributed by atoms with Gasteiger partial charge in [0.1, 0.15) is 0 Å². The number of hydrogen-bond acceptors (Lipinski definition) is 5. The fourth-order valence-corrected chi connectivity index (χ4v) is 4.56. The first-order valence-electron chi connectivity index (χ1n) is 7.03. The van der Waals surface area contributed by atoms with E-state index in [0.717, 1.165) is 11.3 Å². The van der Waals surface area contributed by atoms with Gasteiger partial charge in [0.15, 0.2) is 5.13 Å². The molecule has 23 heavy (non-hydrogen) atoms. The number of carbonyl (C=O) groups is 1. The van der Waals surface area contributed by atoms with Crippen LogP contribution in [0.4, 0.5) is 5.13 Å². The lowest BCUT2D eigenvalue weighted by molar-refractivity contribution is -0.120. The van der Waals surface area contributed by atoms with Gasteiger partial charge in [0, 0.05) is 18.3 Å². The van der Waals surface area contributed by atoms with Crippen LogP contribution < -0.4 is 10.0 Å². The summed E-state index contributed by atoms with van der Waals surface area (Å²) in [7, 11) is -3.71. The molecule has 1 amide bonds. The first kappa shape index (κ1) is 18.0. The molecule has 2 rings (SSSR count). The van der Waals surface area contributed by atoms with Crippen LogP contribution in [0.2, 0.25) is 0 Å². The molecule has 9 heteroatoms. The maximum Gasteiger partial charge on any atom is 0.259 e. The van der Waals surface area contributed by atoms with Crippen LogP contribution in [-0.2, 0) is 21.2 Å². The number of allylic oxidation sites excluding steroid dienone is 4. The van der Waals surface area contributed by atoms with E-state index in [1.165, 1.54) is 6.08 Å². The average Bonchev–Trinajstić information content (AvgIpc) is 2.84. The van der Waals surface area contributed by atoms with Gasteiger partial charge in [-0.15, -0.1) is 22.9 Å². The average molecular weight is 376 g/mol. The van der Waals surface area contributed by atoms with Gasteiger partial charge in [0.25, 0.3) is 10.0 Å². The molecule has 1 aliphatic rings. The summed E-state index contributed by atoms with van der Waals surface area (Å²) in [5.41, 5.74) is 0.526. The molecule has 0 aromatic carbocycles. The SMILES string of the molecule is CCNC(=O)Cc1csc(NS(=O)(=O)C2=CC=CC(C)(Cl)C2)n1. The van der Waals surface area contributed by atoms with E-state index in [1.807, 2.05) is 6.92 Å². The Morgan fingerprint density at radius 3 is 2.91 bits per heavy atom. The standard InChI is InChI=1S/C14H18ClN3O3S2/c1-3-16-12(19)7-10-9-22-13(17-10)18-23(20,21)11-5-4-6-14(2,15)8-11/h4-6,9H,3,7-8H2,1-2H3,(H,16,19)(H,17,18).